The second kappa shape index (κ2) is 6.16. The predicted molar refractivity (Wildman–Crippen MR) is 91.0 cm³/mol. The van der Waals surface area contributed by atoms with E-state index in [9.17, 15) is 9.90 Å². The molecular weight excluding hydrogens is 312 g/mol. The molecule has 1 aromatic heterocycles. The van der Waals surface area contributed by atoms with Gasteiger partial charge in [-0.25, -0.2) is 0 Å². The Labute approximate surface area is 141 Å². The van der Waals surface area contributed by atoms with E-state index in [0.717, 1.165) is 29.7 Å². The highest BCUT2D eigenvalue weighted by Gasteiger charge is 2.48. The van der Waals surface area contributed by atoms with E-state index in [4.69, 9.17) is 4.74 Å². The number of carbonyl (C=O) groups is 1. The first-order valence-electron chi connectivity index (χ1n) is 8.23. The van der Waals surface area contributed by atoms with Crippen molar-refractivity contribution in [1.29, 1.82) is 0 Å². The van der Waals surface area contributed by atoms with E-state index in [1.807, 2.05) is 37.2 Å². The van der Waals surface area contributed by atoms with Crippen LogP contribution in [0.2, 0.25) is 0 Å². The molecule has 23 heavy (non-hydrogen) atoms. The summed E-state index contributed by atoms with van der Waals surface area (Å²) in [4.78, 5) is 15.3. The van der Waals surface area contributed by atoms with Gasteiger partial charge in [0, 0.05) is 19.1 Å². The van der Waals surface area contributed by atoms with Crippen LogP contribution in [0.4, 0.5) is 0 Å². The Balaban J connectivity index is 1.63. The Bertz CT molecular complexity index is 576. The molecule has 1 aromatic rings. The molecule has 1 spiro atoms. The lowest BCUT2D eigenvalue weighted by atomic mass is 9.77. The highest BCUT2D eigenvalue weighted by molar-refractivity contribution is 7.12. The summed E-state index contributed by atoms with van der Waals surface area (Å²) >= 11 is 1.52. The van der Waals surface area contributed by atoms with Crippen LogP contribution in [0.3, 0.4) is 0 Å². The maximum absolute atomic E-state index is 12.6. The molecule has 3 heterocycles. The van der Waals surface area contributed by atoms with Crippen molar-refractivity contribution in [3.05, 3.63) is 21.9 Å². The van der Waals surface area contributed by atoms with Crippen LogP contribution in [0.1, 0.15) is 41.4 Å². The Morgan fingerprint density at radius 2 is 2.17 bits per heavy atom. The van der Waals surface area contributed by atoms with Crippen LogP contribution in [-0.2, 0) is 4.74 Å². The first kappa shape index (κ1) is 16.9. The zero-order valence-electron chi connectivity index (χ0n) is 14.1. The summed E-state index contributed by atoms with van der Waals surface area (Å²) in [5.41, 5.74) is 0.0982. The second-order valence-electron chi connectivity index (χ2n) is 7.15. The number of aliphatic hydroxyl groups is 1. The van der Waals surface area contributed by atoms with Crippen LogP contribution < -0.4 is 5.32 Å². The number of ether oxygens (including phenoxy) is 1. The number of piperidine rings is 1. The summed E-state index contributed by atoms with van der Waals surface area (Å²) in [6, 6.07) is 1.99. The third kappa shape index (κ3) is 3.31. The van der Waals surface area contributed by atoms with Gasteiger partial charge in [0.2, 0.25) is 0 Å². The minimum Gasteiger partial charge on any atom is -0.386 e. The molecule has 2 aliphatic heterocycles. The van der Waals surface area contributed by atoms with Crippen molar-refractivity contribution in [2.24, 2.45) is 0 Å². The quantitative estimate of drug-likeness (QED) is 0.863. The van der Waals surface area contributed by atoms with Crippen LogP contribution in [0.5, 0.6) is 0 Å². The molecule has 0 aromatic carbocycles. The lowest BCUT2D eigenvalue weighted by Gasteiger charge is -2.50. The van der Waals surface area contributed by atoms with Gasteiger partial charge in [-0.2, -0.15) is 0 Å². The number of hydrogen-bond acceptors (Lipinski definition) is 5. The molecule has 3 rings (SSSR count). The number of amides is 1. The van der Waals surface area contributed by atoms with Gasteiger partial charge < -0.3 is 20.1 Å². The number of aryl methyl sites for hydroxylation is 1. The van der Waals surface area contributed by atoms with E-state index in [-0.39, 0.29) is 17.6 Å². The first-order valence-corrected chi connectivity index (χ1v) is 9.11. The van der Waals surface area contributed by atoms with Crippen molar-refractivity contribution in [3.63, 3.8) is 0 Å². The lowest BCUT2D eigenvalue weighted by molar-refractivity contribution is -0.189. The lowest BCUT2D eigenvalue weighted by Crippen LogP contribution is -2.62. The SMILES string of the molecule is CN[C@H]1CC2(CCN(C(=O)c3cc(C)cs3)CC2)OC[C@]1(C)O. The van der Waals surface area contributed by atoms with Crippen molar-refractivity contribution in [2.75, 3.05) is 26.7 Å². The Morgan fingerprint density at radius 1 is 1.48 bits per heavy atom. The average molecular weight is 338 g/mol. The largest absolute Gasteiger partial charge is 0.386 e. The fourth-order valence-corrected chi connectivity index (χ4v) is 4.49. The zero-order valence-corrected chi connectivity index (χ0v) is 14.9. The number of likely N-dealkylation sites (tertiary alicyclic amines) is 1. The third-order valence-electron chi connectivity index (χ3n) is 5.25. The number of likely N-dealkylation sites (N-methyl/N-ethyl adjacent to an activating group) is 1. The third-order valence-corrected chi connectivity index (χ3v) is 6.29. The Hall–Kier alpha value is -0.950. The minimum atomic E-state index is -0.832. The maximum Gasteiger partial charge on any atom is 0.263 e. The van der Waals surface area contributed by atoms with Crippen molar-refractivity contribution in [1.82, 2.24) is 10.2 Å². The van der Waals surface area contributed by atoms with Gasteiger partial charge in [-0.1, -0.05) is 0 Å². The van der Waals surface area contributed by atoms with E-state index < -0.39 is 5.60 Å². The number of rotatable bonds is 2. The molecule has 1 amide bonds. The maximum atomic E-state index is 12.6. The second-order valence-corrected chi connectivity index (χ2v) is 8.07. The number of thiophene rings is 1. The van der Waals surface area contributed by atoms with E-state index in [1.165, 1.54) is 11.3 Å². The van der Waals surface area contributed by atoms with Gasteiger partial charge in [-0.3, -0.25) is 4.79 Å². The number of carbonyl (C=O) groups excluding carboxylic acids is 1. The van der Waals surface area contributed by atoms with Gasteiger partial charge in [-0.15, -0.1) is 11.3 Å². The topological polar surface area (TPSA) is 61.8 Å². The van der Waals surface area contributed by atoms with Crippen molar-refractivity contribution in [2.45, 2.75) is 50.4 Å². The van der Waals surface area contributed by atoms with Crippen LogP contribution in [0.15, 0.2) is 11.4 Å². The molecular formula is C17H26N2O3S. The highest BCUT2D eigenvalue weighted by atomic mass is 32.1. The molecule has 0 saturated carbocycles. The highest BCUT2D eigenvalue weighted by Crippen LogP contribution is 2.38. The Morgan fingerprint density at radius 3 is 2.74 bits per heavy atom. The van der Waals surface area contributed by atoms with Crippen molar-refractivity contribution in [3.8, 4) is 0 Å². The smallest absolute Gasteiger partial charge is 0.263 e. The van der Waals surface area contributed by atoms with Crippen LogP contribution in [-0.4, -0.2) is 59.9 Å². The molecule has 2 N–H and O–H groups in total. The molecule has 0 bridgehead atoms. The summed E-state index contributed by atoms with van der Waals surface area (Å²) in [5, 5.41) is 15.6. The zero-order chi connectivity index (χ0) is 16.7. The van der Waals surface area contributed by atoms with Gasteiger partial charge in [0.25, 0.3) is 5.91 Å². The fraction of sp³-hybridized carbons (Fsp3) is 0.706. The summed E-state index contributed by atoms with van der Waals surface area (Å²) in [7, 11) is 1.88. The molecule has 128 valence electrons. The average Bonchev–Trinajstić information content (AvgIpc) is 2.97. The van der Waals surface area contributed by atoms with Crippen LogP contribution >= 0.6 is 11.3 Å². The molecule has 0 unspecified atom stereocenters. The number of hydrogen-bond donors (Lipinski definition) is 2. The number of nitrogens with zero attached hydrogens (tertiary/aromatic N) is 1. The molecule has 2 fully saturated rings. The van der Waals surface area contributed by atoms with Crippen molar-refractivity contribution >= 4 is 17.2 Å². The van der Waals surface area contributed by atoms with Crippen LogP contribution in [0.25, 0.3) is 0 Å². The van der Waals surface area contributed by atoms with Crippen LogP contribution in [0, 0.1) is 6.92 Å². The summed E-state index contributed by atoms with van der Waals surface area (Å²) in [6.45, 7) is 5.61. The van der Waals surface area contributed by atoms with Crippen molar-refractivity contribution < 1.29 is 14.6 Å². The first-order chi connectivity index (χ1) is 10.9. The van der Waals surface area contributed by atoms with Gasteiger partial charge in [0.05, 0.1) is 17.1 Å². The molecule has 0 aliphatic carbocycles. The molecule has 2 saturated heterocycles. The summed E-state index contributed by atoms with van der Waals surface area (Å²) in [5.74, 6) is 0.130. The van der Waals surface area contributed by atoms with Gasteiger partial charge in [0.15, 0.2) is 0 Å². The normalized spacial score (nSPS) is 30.6. The van der Waals surface area contributed by atoms with Gasteiger partial charge >= 0.3 is 0 Å². The van der Waals surface area contributed by atoms with E-state index in [0.29, 0.717) is 19.7 Å². The van der Waals surface area contributed by atoms with Gasteiger partial charge in [-0.05, 0) is 57.2 Å². The van der Waals surface area contributed by atoms with Gasteiger partial charge in [0.1, 0.15) is 5.60 Å². The fourth-order valence-electron chi connectivity index (χ4n) is 3.63. The monoisotopic (exact) mass is 338 g/mol. The standard InChI is InChI=1S/C17H26N2O3S/c1-12-8-13(23-10-12)15(20)19-6-4-17(5-7-19)9-14(18-3)16(2,21)11-22-17/h8,10,14,18,21H,4-7,9,11H2,1-3H3/t14-,16-/m0/s1. The van der Waals surface area contributed by atoms with E-state index in [2.05, 4.69) is 5.32 Å². The minimum absolute atomic E-state index is 0.0263. The number of nitrogens with one attached hydrogen (secondary N) is 1. The predicted octanol–water partition coefficient (Wildman–Crippen LogP) is 1.79. The summed E-state index contributed by atoms with van der Waals surface area (Å²) in [6.07, 6.45) is 2.45. The van der Waals surface area contributed by atoms with E-state index >= 15 is 0 Å². The molecule has 6 heteroatoms. The molecule has 2 aliphatic rings. The summed E-state index contributed by atoms with van der Waals surface area (Å²) < 4.78 is 6.07. The Kier molecular flexibility index (Phi) is 4.53. The molecule has 0 radical (unpaired) electrons. The molecule has 2 atom stereocenters. The molecule has 5 nitrogen and oxygen atoms in total. The van der Waals surface area contributed by atoms with E-state index in [1.54, 1.807) is 0 Å².